The molecule has 1 atom stereocenters. The third-order valence-corrected chi connectivity index (χ3v) is 4.19. The van der Waals surface area contributed by atoms with Gasteiger partial charge in [-0.25, -0.2) is 0 Å². The monoisotopic (exact) mass is 239 g/mol. The minimum absolute atomic E-state index is 0.720. The maximum atomic E-state index is 3.70. The summed E-state index contributed by atoms with van der Waals surface area (Å²) >= 11 is 0. The second kappa shape index (κ2) is 8.97. The Morgan fingerprint density at radius 3 is 2.35 bits per heavy atom. The minimum Gasteiger partial charge on any atom is -0.314 e. The van der Waals surface area contributed by atoms with Gasteiger partial charge in [0.2, 0.25) is 0 Å². The third-order valence-electron chi connectivity index (χ3n) is 4.19. The Balaban J connectivity index is 1.93. The first kappa shape index (κ1) is 15.0. The van der Waals surface area contributed by atoms with Gasteiger partial charge in [0.25, 0.3) is 0 Å². The number of hydrogen-bond acceptors (Lipinski definition) is 1. The molecule has 1 N–H and O–H groups in total. The van der Waals surface area contributed by atoms with Crippen molar-refractivity contribution in [1.82, 2.24) is 5.32 Å². The normalized spacial score (nSPS) is 19.8. The SMILES string of the molecule is CC(C)CCCC(C)NCCC1CCCCC1. The number of nitrogens with one attached hydrogen (secondary N) is 1. The predicted octanol–water partition coefficient (Wildman–Crippen LogP) is 4.76. The molecule has 1 nitrogen and oxygen atoms in total. The molecular weight excluding hydrogens is 206 g/mol. The Morgan fingerprint density at radius 2 is 1.71 bits per heavy atom. The molecule has 0 amide bonds. The standard InChI is InChI=1S/C16H33N/c1-14(2)8-7-9-15(3)17-13-12-16-10-5-4-6-11-16/h14-17H,4-13H2,1-3H3. The van der Waals surface area contributed by atoms with Gasteiger partial charge in [-0.05, 0) is 38.1 Å². The van der Waals surface area contributed by atoms with Crippen molar-refractivity contribution in [2.75, 3.05) is 6.54 Å². The van der Waals surface area contributed by atoms with E-state index < -0.39 is 0 Å². The molecule has 1 heteroatoms. The first-order chi connectivity index (χ1) is 8.18. The summed E-state index contributed by atoms with van der Waals surface area (Å²) in [6.45, 7) is 8.23. The van der Waals surface area contributed by atoms with E-state index in [1.165, 1.54) is 64.3 Å². The lowest BCUT2D eigenvalue weighted by Crippen LogP contribution is -2.28. The molecule has 0 heterocycles. The minimum atomic E-state index is 0.720. The van der Waals surface area contributed by atoms with Gasteiger partial charge < -0.3 is 5.32 Å². The van der Waals surface area contributed by atoms with Crippen molar-refractivity contribution < 1.29 is 0 Å². The Bertz CT molecular complexity index is 170. The Kier molecular flexibility index (Phi) is 7.92. The number of hydrogen-bond donors (Lipinski definition) is 1. The van der Waals surface area contributed by atoms with Crippen molar-refractivity contribution >= 4 is 0 Å². The summed E-state index contributed by atoms with van der Waals surface area (Å²) in [5.74, 6) is 1.89. The van der Waals surface area contributed by atoms with Crippen LogP contribution in [-0.4, -0.2) is 12.6 Å². The topological polar surface area (TPSA) is 12.0 Å². The molecule has 102 valence electrons. The molecule has 0 spiro atoms. The van der Waals surface area contributed by atoms with Gasteiger partial charge in [-0.3, -0.25) is 0 Å². The molecule has 17 heavy (non-hydrogen) atoms. The van der Waals surface area contributed by atoms with Crippen LogP contribution in [0.25, 0.3) is 0 Å². The average molecular weight is 239 g/mol. The van der Waals surface area contributed by atoms with Crippen LogP contribution in [0.3, 0.4) is 0 Å². The number of rotatable bonds is 8. The van der Waals surface area contributed by atoms with Crippen molar-refractivity contribution in [3.8, 4) is 0 Å². The van der Waals surface area contributed by atoms with Crippen LogP contribution < -0.4 is 5.32 Å². The van der Waals surface area contributed by atoms with Gasteiger partial charge in [-0.2, -0.15) is 0 Å². The van der Waals surface area contributed by atoms with E-state index in [1.54, 1.807) is 0 Å². The highest BCUT2D eigenvalue weighted by atomic mass is 14.9. The van der Waals surface area contributed by atoms with Gasteiger partial charge in [0, 0.05) is 6.04 Å². The van der Waals surface area contributed by atoms with Crippen LogP contribution in [0.5, 0.6) is 0 Å². The molecule has 0 saturated heterocycles. The van der Waals surface area contributed by atoms with Crippen LogP contribution in [0.15, 0.2) is 0 Å². The fraction of sp³-hybridized carbons (Fsp3) is 1.00. The highest BCUT2D eigenvalue weighted by Gasteiger charge is 2.13. The third kappa shape index (κ3) is 7.81. The predicted molar refractivity (Wildman–Crippen MR) is 77.3 cm³/mol. The van der Waals surface area contributed by atoms with E-state index in [4.69, 9.17) is 0 Å². The van der Waals surface area contributed by atoms with E-state index in [0.29, 0.717) is 0 Å². The van der Waals surface area contributed by atoms with E-state index in [9.17, 15) is 0 Å². The molecular formula is C16H33N. The summed E-state index contributed by atoms with van der Waals surface area (Å²) in [5.41, 5.74) is 0. The van der Waals surface area contributed by atoms with E-state index in [1.807, 2.05) is 0 Å². The summed E-state index contributed by atoms with van der Waals surface area (Å²) in [6, 6.07) is 0.720. The van der Waals surface area contributed by atoms with Crippen molar-refractivity contribution in [3.63, 3.8) is 0 Å². The molecule has 0 radical (unpaired) electrons. The van der Waals surface area contributed by atoms with E-state index >= 15 is 0 Å². The summed E-state index contributed by atoms with van der Waals surface area (Å²) < 4.78 is 0. The van der Waals surface area contributed by atoms with Crippen LogP contribution in [0.1, 0.15) is 78.6 Å². The van der Waals surface area contributed by atoms with Crippen molar-refractivity contribution in [1.29, 1.82) is 0 Å². The van der Waals surface area contributed by atoms with E-state index in [0.717, 1.165) is 17.9 Å². The zero-order chi connectivity index (χ0) is 12.5. The fourth-order valence-corrected chi connectivity index (χ4v) is 2.94. The largest absolute Gasteiger partial charge is 0.314 e. The first-order valence-electron chi connectivity index (χ1n) is 7.92. The zero-order valence-electron chi connectivity index (χ0n) is 12.3. The zero-order valence-corrected chi connectivity index (χ0v) is 12.3. The van der Waals surface area contributed by atoms with E-state index in [-0.39, 0.29) is 0 Å². The van der Waals surface area contributed by atoms with Crippen LogP contribution in [-0.2, 0) is 0 Å². The van der Waals surface area contributed by atoms with E-state index in [2.05, 4.69) is 26.1 Å². The van der Waals surface area contributed by atoms with Crippen molar-refractivity contribution in [2.24, 2.45) is 11.8 Å². The molecule has 0 aromatic heterocycles. The summed E-state index contributed by atoms with van der Waals surface area (Å²) in [4.78, 5) is 0. The first-order valence-corrected chi connectivity index (χ1v) is 7.92. The lowest BCUT2D eigenvalue weighted by atomic mass is 9.87. The van der Waals surface area contributed by atoms with Gasteiger partial charge in [0.15, 0.2) is 0 Å². The van der Waals surface area contributed by atoms with Gasteiger partial charge in [0.1, 0.15) is 0 Å². The quantitative estimate of drug-likeness (QED) is 0.644. The molecule has 0 bridgehead atoms. The molecule has 1 unspecified atom stereocenters. The van der Waals surface area contributed by atoms with Crippen LogP contribution in [0.2, 0.25) is 0 Å². The molecule has 1 rings (SSSR count). The second-order valence-corrected chi connectivity index (χ2v) is 6.47. The van der Waals surface area contributed by atoms with Crippen LogP contribution in [0, 0.1) is 11.8 Å². The lowest BCUT2D eigenvalue weighted by molar-refractivity contribution is 0.326. The van der Waals surface area contributed by atoms with Gasteiger partial charge in [-0.1, -0.05) is 58.8 Å². The molecule has 0 aliphatic heterocycles. The van der Waals surface area contributed by atoms with Gasteiger partial charge in [0.05, 0.1) is 0 Å². The summed E-state index contributed by atoms with van der Waals surface area (Å²) in [6.07, 6.45) is 13.0. The lowest BCUT2D eigenvalue weighted by Gasteiger charge is -2.22. The summed E-state index contributed by atoms with van der Waals surface area (Å²) in [7, 11) is 0. The molecule has 0 aromatic carbocycles. The van der Waals surface area contributed by atoms with Crippen molar-refractivity contribution in [2.45, 2.75) is 84.6 Å². The van der Waals surface area contributed by atoms with Crippen LogP contribution in [0.4, 0.5) is 0 Å². The second-order valence-electron chi connectivity index (χ2n) is 6.47. The Labute approximate surface area is 109 Å². The molecule has 0 aromatic rings. The highest BCUT2D eigenvalue weighted by Crippen LogP contribution is 2.25. The molecule has 1 saturated carbocycles. The highest BCUT2D eigenvalue weighted by molar-refractivity contribution is 4.68. The van der Waals surface area contributed by atoms with Crippen molar-refractivity contribution in [3.05, 3.63) is 0 Å². The molecule has 1 aliphatic carbocycles. The molecule has 1 aliphatic rings. The maximum Gasteiger partial charge on any atom is 0.00387 e. The summed E-state index contributed by atoms with van der Waals surface area (Å²) in [5, 5.41) is 3.70. The molecule has 1 fully saturated rings. The van der Waals surface area contributed by atoms with Gasteiger partial charge in [-0.15, -0.1) is 0 Å². The van der Waals surface area contributed by atoms with Gasteiger partial charge >= 0.3 is 0 Å². The fourth-order valence-electron chi connectivity index (χ4n) is 2.94. The Morgan fingerprint density at radius 1 is 1.00 bits per heavy atom. The average Bonchev–Trinajstić information content (AvgIpc) is 2.30. The maximum absolute atomic E-state index is 3.70. The smallest absolute Gasteiger partial charge is 0.00387 e. The van der Waals surface area contributed by atoms with Crippen LogP contribution >= 0.6 is 0 Å². The Hall–Kier alpha value is -0.0400.